The van der Waals surface area contributed by atoms with E-state index >= 15 is 0 Å². The summed E-state index contributed by atoms with van der Waals surface area (Å²) in [6.45, 7) is 0. The van der Waals surface area contributed by atoms with Crippen molar-refractivity contribution in [3.05, 3.63) is 63.1 Å². The first-order valence-corrected chi connectivity index (χ1v) is 6.83. The summed E-state index contributed by atoms with van der Waals surface area (Å²) >= 11 is 8.87. The van der Waals surface area contributed by atoms with Crippen molar-refractivity contribution >= 4 is 33.3 Å². The molecule has 0 amide bonds. The number of Topliss-reactive ketones (excluding diaryl/α,β-unsaturated/α-hetero) is 1. The van der Waals surface area contributed by atoms with E-state index in [2.05, 4.69) is 20.9 Å². The van der Waals surface area contributed by atoms with Gasteiger partial charge in [-0.2, -0.15) is 0 Å². The highest BCUT2D eigenvalue weighted by molar-refractivity contribution is 9.10. The highest BCUT2D eigenvalue weighted by Gasteiger charge is 2.16. The Morgan fingerprint density at radius 3 is 2.79 bits per heavy atom. The van der Waals surface area contributed by atoms with Gasteiger partial charge in [0.25, 0.3) is 0 Å². The number of aromatic nitrogens is 1. The van der Waals surface area contributed by atoms with Crippen molar-refractivity contribution in [3.8, 4) is 0 Å². The van der Waals surface area contributed by atoms with Crippen LogP contribution in [0.25, 0.3) is 0 Å². The van der Waals surface area contributed by atoms with Crippen molar-refractivity contribution in [2.45, 2.75) is 12.8 Å². The van der Waals surface area contributed by atoms with Crippen LogP contribution in [-0.4, -0.2) is 10.8 Å². The molecule has 0 aliphatic heterocycles. The normalized spacial score (nSPS) is 10.5. The van der Waals surface area contributed by atoms with E-state index in [0.717, 1.165) is 5.69 Å². The van der Waals surface area contributed by atoms with Gasteiger partial charge in [-0.05, 0) is 46.6 Å². The molecular weight excluding hydrogens is 333 g/mol. The Morgan fingerprint density at radius 1 is 1.32 bits per heavy atom. The van der Waals surface area contributed by atoms with E-state index in [1.54, 1.807) is 18.3 Å². The summed E-state index contributed by atoms with van der Waals surface area (Å²) in [5.74, 6) is -0.959. The highest BCUT2D eigenvalue weighted by Crippen LogP contribution is 2.28. The monoisotopic (exact) mass is 341 g/mol. The summed E-state index contributed by atoms with van der Waals surface area (Å²) in [7, 11) is 0. The third-order valence-corrected chi connectivity index (χ3v) is 3.93. The molecule has 98 valence electrons. The number of rotatable bonds is 4. The number of carbonyl (C=O) groups excluding carboxylic acids is 1. The number of ketones is 1. The number of hydrogen-bond donors (Lipinski definition) is 0. The lowest BCUT2D eigenvalue weighted by Gasteiger charge is -2.05. The third kappa shape index (κ3) is 3.39. The molecule has 0 saturated heterocycles. The Bertz CT molecular complexity index is 604. The first kappa shape index (κ1) is 14.2. The Balaban J connectivity index is 2.11. The zero-order chi connectivity index (χ0) is 13.8. The topological polar surface area (TPSA) is 30.0 Å². The lowest BCUT2D eigenvalue weighted by Crippen LogP contribution is -2.05. The summed E-state index contributed by atoms with van der Waals surface area (Å²) in [5, 5.41) is -0.0660. The maximum Gasteiger partial charge on any atom is 0.166 e. The molecule has 0 bridgehead atoms. The smallest absolute Gasteiger partial charge is 0.166 e. The highest BCUT2D eigenvalue weighted by atomic mass is 79.9. The van der Waals surface area contributed by atoms with E-state index in [0.29, 0.717) is 10.9 Å². The summed E-state index contributed by atoms with van der Waals surface area (Å²) in [4.78, 5) is 16.1. The van der Waals surface area contributed by atoms with E-state index < -0.39 is 5.82 Å². The van der Waals surface area contributed by atoms with E-state index in [-0.39, 0.29) is 22.8 Å². The summed E-state index contributed by atoms with van der Waals surface area (Å²) < 4.78 is 14.3. The lowest BCUT2D eigenvalue weighted by molar-refractivity contribution is 0.0978. The standard InChI is InChI=1S/C14H10BrClFNO/c15-11-6-5-10(14(17)13(11)16)12(19)7-4-9-3-1-2-8-18-9/h1-3,5-6,8H,4,7H2. The zero-order valence-corrected chi connectivity index (χ0v) is 12.2. The molecule has 2 nitrogen and oxygen atoms in total. The minimum Gasteiger partial charge on any atom is -0.294 e. The quantitative estimate of drug-likeness (QED) is 0.607. The molecule has 5 heteroatoms. The number of benzene rings is 1. The zero-order valence-electron chi connectivity index (χ0n) is 9.87. The summed E-state index contributed by atoms with van der Waals surface area (Å²) in [5.41, 5.74) is 0.823. The maximum atomic E-state index is 13.8. The second-order valence-electron chi connectivity index (χ2n) is 3.97. The van der Waals surface area contributed by atoms with E-state index in [1.165, 1.54) is 6.07 Å². The molecule has 2 rings (SSSR count). The Morgan fingerprint density at radius 2 is 2.11 bits per heavy atom. The average molecular weight is 343 g/mol. The van der Waals surface area contributed by atoms with Crippen LogP contribution in [0.5, 0.6) is 0 Å². The Kier molecular flexibility index (Phi) is 4.66. The molecule has 0 atom stereocenters. The largest absolute Gasteiger partial charge is 0.294 e. The van der Waals surface area contributed by atoms with E-state index in [1.807, 2.05) is 12.1 Å². The van der Waals surface area contributed by atoms with Crippen LogP contribution in [0, 0.1) is 5.82 Å². The second-order valence-corrected chi connectivity index (χ2v) is 5.20. The minimum atomic E-state index is -0.679. The Labute approximate surface area is 123 Å². The van der Waals surface area contributed by atoms with Crippen LogP contribution in [0.4, 0.5) is 4.39 Å². The number of carbonyl (C=O) groups is 1. The van der Waals surface area contributed by atoms with Gasteiger partial charge in [-0.25, -0.2) is 4.39 Å². The molecule has 0 aliphatic carbocycles. The molecule has 0 N–H and O–H groups in total. The fraction of sp³-hybridized carbons (Fsp3) is 0.143. The number of hydrogen-bond acceptors (Lipinski definition) is 2. The molecule has 1 aromatic carbocycles. The molecule has 0 radical (unpaired) electrons. The predicted molar refractivity (Wildman–Crippen MR) is 76.0 cm³/mol. The molecular formula is C14H10BrClFNO. The molecule has 1 aromatic heterocycles. The van der Waals surface area contributed by atoms with Crippen molar-refractivity contribution in [1.82, 2.24) is 4.98 Å². The van der Waals surface area contributed by atoms with E-state index in [4.69, 9.17) is 11.6 Å². The molecule has 19 heavy (non-hydrogen) atoms. The fourth-order valence-corrected chi connectivity index (χ4v) is 2.13. The molecule has 0 saturated carbocycles. The summed E-state index contributed by atoms with van der Waals surface area (Å²) in [6.07, 6.45) is 2.34. The number of nitrogens with zero attached hydrogens (tertiary/aromatic N) is 1. The van der Waals surface area contributed by atoms with Crippen molar-refractivity contribution in [2.24, 2.45) is 0 Å². The van der Waals surface area contributed by atoms with Crippen molar-refractivity contribution in [2.75, 3.05) is 0 Å². The molecule has 1 heterocycles. The van der Waals surface area contributed by atoms with Gasteiger partial charge < -0.3 is 0 Å². The van der Waals surface area contributed by atoms with Gasteiger partial charge in [-0.3, -0.25) is 9.78 Å². The predicted octanol–water partition coefficient (Wildman–Crippen LogP) is 4.45. The van der Waals surface area contributed by atoms with Gasteiger partial charge in [0.15, 0.2) is 11.6 Å². The molecule has 0 aliphatic rings. The molecule has 0 spiro atoms. The van der Waals surface area contributed by atoms with Crippen LogP contribution in [-0.2, 0) is 6.42 Å². The second kappa shape index (κ2) is 6.26. The molecule has 0 unspecified atom stereocenters. The summed E-state index contributed by atoms with van der Waals surface area (Å²) in [6, 6.07) is 8.49. The van der Waals surface area contributed by atoms with Gasteiger partial charge in [-0.1, -0.05) is 17.7 Å². The van der Waals surface area contributed by atoms with E-state index in [9.17, 15) is 9.18 Å². The fourth-order valence-electron chi connectivity index (χ4n) is 1.66. The van der Waals surface area contributed by atoms with Crippen molar-refractivity contribution in [3.63, 3.8) is 0 Å². The Hall–Kier alpha value is -1.26. The van der Waals surface area contributed by atoms with Gasteiger partial charge >= 0.3 is 0 Å². The van der Waals surface area contributed by atoms with Gasteiger partial charge in [0.1, 0.15) is 0 Å². The van der Waals surface area contributed by atoms with Crippen LogP contribution in [0.2, 0.25) is 5.02 Å². The van der Waals surface area contributed by atoms with Gasteiger partial charge in [0, 0.05) is 22.8 Å². The first-order chi connectivity index (χ1) is 9.09. The van der Waals surface area contributed by atoms with Crippen LogP contribution in [0.15, 0.2) is 41.0 Å². The van der Waals surface area contributed by atoms with Gasteiger partial charge in [0.05, 0.1) is 10.6 Å². The lowest BCUT2D eigenvalue weighted by atomic mass is 10.0. The number of aryl methyl sites for hydroxylation is 1. The van der Waals surface area contributed by atoms with Gasteiger partial charge in [-0.15, -0.1) is 0 Å². The van der Waals surface area contributed by atoms with Gasteiger partial charge in [0.2, 0.25) is 0 Å². The minimum absolute atomic E-state index is 0.0177. The SMILES string of the molecule is O=C(CCc1ccccn1)c1ccc(Br)c(Cl)c1F. The van der Waals surface area contributed by atoms with Crippen LogP contribution >= 0.6 is 27.5 Å². The third-order valence-electron chi connectivity index (χ3n) is 2.67. The van der Waals surface area contributed by atoms with Crippen molar-refractivity contribution < 1.29 is 9.18 Å². The first-order valence-electron chi connectivity index (χ1n) is 5.66. The van der Waals surface area contributed by atoms with Crippen LogP contribution in [0.1, 0.15) is 22.5 Å². The molecule has 0 fully saturated rings. The maximum absolute atomic E-state index is 13.8. The van der Waals surface area contributed by atoms with Crippen molar-refractivity contribution in [1.29, 1.82) is 0 Å². The van der Waals surface area contributed by atoms with Crippen LogP contribution < -0.4 is 0 Å². The molecule has 2 aromatic rings. The number of halogens is 3. The average Bonchev–Trinajstić information content (AvgIpc) is 2.43. The number of pyridine rings is 1. The van der Waals surface area contributed by atoms with Crippen LogP contribution in [0.3, 0.4) is 0 Å².